The molecule has 0 radical (unpaired) electrons. The van der Waals surface area contributed by atoms with Gasteiger partial charge < -0.3 is 10.4 Å². The van der Waals surface area contributed by atoms with E-state index in [-0.39, 0.29) is 18.9 Å². The zero-order chi connectivity index (χ0) is 20.8. The molecule has 3 rings (SSSR count). The molecule has 150 valence electrons. The Bertz CT molecular complexity index is 1020. The Morgan fingerprint density at radius 1 is 1.07 bits per heavy atom. The number of amides is 1. The molecule has 2 aromatic carbocycles. The highest BCUT2D eigenvalue weighted by atomic mass is 35.5. The van der Waals surface area contributed by atoms with Crippen LogP contribution in [0.5, 0.6) is 0 Å². The summed E-state index contributed by atoms with van der Waals surface area (Å²) in [5.41, 5.74) is 2.52. The number of aliphatic carboxylic acids is 1. The maximum absolute atomic E-state index is 12.8. The molecule has 1 aromatic heterocycles. The quantitative estimate of drug-likeness (QED) is 0.556. The Kier molecular flexibility index (Phi) is 6.90. The number of aromatic nitrogens is 2. The van der Waals surface area contributed by atoms with Crippen LogP contribution < -0.4 is 5.32 Å². The molecule has 1 amide bonds. The normalized spacial score (nSPS) is 10.7. The van der Waals surface area contributed by atoms with Crippen LogP contribution in [-0.4, -0.2) is 33.3 Å². The Labute approximate surface area is 178 Å². The molecule has 0 saturated heterocycles. The van der Waals surface area contributed by atoms with Gasteiger partial charge in [-0.15, -0.1) is 0 Å². The Balaban J connectivity index is 1.81. The molecule has 0 unspecified atom stereocenters. The average molecular weight is 432 g/mol. The zero-order valence-electron chi connectivity index (χ0n) is 15.4. The lowest BCUT2D eigenvalue weighted by Gasteiger charge is -2.06. The van der Waals surface area contributed by atoms with E-state index in [1.807, 2.05) is 30.3 Å². The van der Waals surface area contributed by atoms with E-state index in [4.69, 9.17) is 28.3 Å². The van der Waals surface area contributed by atoms with Crippen LogP contribution in [0.2, 0.25) is 10.0 Å². The Hall–Kier alpha value is -2.83. The fraction of sp³-hybridized carbons (Fsp3) is 0.190. The second kappa shape index (κ2) is 9.58. The zero-order valence-corrected chi connectivity index (χ0v) is 17.0. The first-order chi connectivity index (χ1) is 13.9. The smallest absolute Gasteiger partial charge is 0.305 e. The van der Waals surface area contributed by atoms with Gasteiger partial charge in [0.1, 0.15) is 5.69 Å². The van der Waals surface area contributed by atoms with E-state index in [1.165, 1.54) is 4.68 Å². The van der Waals surface area contributed by atoms with Gasteiger partial charge in [-0.1, -0.05) is 59.6 Å². The van der Waals surface area contributed by atoms with Gasteiger partial charge in [-0.05, 0) is 24.1 Å². The van der Waals surface area contributed by atoms with Gasteiger partial charge in [0.2, 0.25) is 0 Å². The molecule has 0 atom stereocenters. The number of nitrogens with zero attached hydrogens (tertiary/aromatic N) is 2. The second-order valence-corrected chi connectivity index (χ2v) is 7.23. The molecule has 29 heavy (non-hydrogen) atoms. The van der Waals surface area contributed by atoms with Crippen LogP contribution in [0.4, 0.5) is 0 Å². The highest BCUT2D eigenvalue weighted by Gasteiger charge is 2.19. The summed E-state index contributed by atoms with van der Waals surface area (Å²) in [4.78, 5) is 23.7. The van der Waals surface area contributed by atoms with Crippen LogP contribution >= 0.6 is 23.2 Å². The van der Waals surface area contributed by atoms with Crippen LogP contribution in [0, 0.1) is 0 Å². The third-order valence-corrected chi connectivity index (χ3v) is 5.04. The number of nitrogens with one attached hydrogen (secondary N) is 1. The maximum Gasteiger partial charge on any atom is 0.305 e. The largest absolute Gasteiger partial charge is 0.481 e. The van der Waals surface area contributed by atoms with E-state index in [1.54, 1.807) is 24.4 Å². The Morgan fingerprint density at radius 3 is 2.52 bits per heavy atom. The number of rotatable bonds is 8. The summed E-state index contributed by atoms with van der Waals surface area (Å²) in [6, 6.07) is 14.8. The lowest BCUT2D eigenvalue weighted by molar-refractivity contribution is -0.137. The van der Waals surface area contributed by atoms with Gasteiger partial charge in [0, 0.05) is 18.3 Å². The molecule has 0 spiro atoms. The van der Waals surface area contributed by atoms with E-state index in [0.29, 0.717) is 39.8 Å². The van der Waals surface area contributed by atoms with Crippen LogP contribution in [0.15, 0.2) is 54.7 Å². The molecule has 2 N–H and O–H groups in total. The van der Waals surface area contributed by atoms with Crippen molar-refractivity contribution in [1.29, 1.82) is 0 Å². The van der Waals surface area contributed by atoms with E-state index in [2.05, 4.69) is 10.4 Å². The molecule has 0 saturated carbocycles. The van der Waals surface area contributed by atoms with Gasteiger partial charge in [0.25, 0.3) is 5.91 Å². The summed E-state index contributed by atoms with van der Waals surface area (Å²) in [5, 5.41) is 17.0. The van der Waals surface area contributed by atoms with Gasteiger partial charge >= 0.3 is 5.97 Å². The van der Waals surface area contributed by atoms with Crippen molar-refractivity contribution in [2.24, 2.45) is 0 Å². The average Bonchev–Trinajstić information content (AvgIpc) is 3.14. The number of aryl methyl sites for hydroxylation is 1. The fourth-order valence-electron chi connectivity index (χ4n) is 2.83. The molecule has 0 aliphatic carbocycles. The molecule has 8 heteroatoms. The number of carboxylic acids is 1. The van der Waals surface area contributed by atoms with Crippen molar-refractivity contribution in [2.45, 2.75) is 19.4 Å². The lowest BCUT2D eigenvalue weighted by Crippen LogP contribution is -2.25. The fourth-order valence-corrected chi connectivity index (χ4v) is 3.13. The van der Waals surface area contributed by atoms with E-state index >= 15 is 0 Å². The van der Waals surface area contributed by atoms with Crippen molar-refractivity contribution in [3.8, 4) is 11.3 Å². The minimum atomic E-state index is -0.939. The Morgan fingerprint density at radius 2 is 1.83 bits per heavy atom. The molecular formula is C21H19Cl2N3O3. The van der Waals surface area contributed by atoms with Crippen molar-refractivity contribution < 1.29 is 14.7 Å². The SMILES string of the molecule is O=C(O)CCn1cc(C(=O)NCCc2ccccc2)c(-c2ccc(Cl)c(Cl)c2)n1. The van der Waals surface area contributed by atoms with E-state index in [0.717, 1.165) is 5.56 Å². The number of carboxylic acid groups (broad SMARTS) is 1. The predicted octanol–water partition coefficient (Wildman–Crippen LogP) is 4.30. The van der Waals surface area contributed by atoms with Crippen LogP contribution in [0.1, 0.15) is 22.3 Å². The van der Waals surface area contributed by atoms with Crippen molar-refractivity contribution in [3.05, 3.63) is 75.9 Å². The van der Waals surface area contributed by atoms with Gasteiger partial charge in [-0.2, -0.15) is 5.10 Å². The summed E-state index contributed by atoms with van der Waals surface area (Å²) in [6.07, 6.45) is 2.15. The molecule has 0 fully saturated rings. The number of hydrogen-bond donors (Lipinski definition) is 2. The number of halogens is 2. The highest BCUT2D eigenvalue weighted by Crippen LogP contribution is 2.29. The van der Waals surface area contributed by atoms with Gasteiger partial charge in [-0.3, -0.25) is 14.3 Å². The summed E-state index contributed by atoms with van der Waals surface area (Å²) in [5.74, 6) is -1.23. The summed E-state index contributed by atoms with van der Waals surface area (Å²) in [6.45, 7) is 0.616. The first-order valence-electron chi connectivity index (χ1n) is 9.01. The number of benzene rings is 2. The van der Waals surface area contributed by atoms with Gasteiger partial charge in [0.05, 0.1) is 28.6 Å². The molecule has 1 heterocycles. The lowest BCUT2D eigenvalue weighted by atomic mass is 10.1. The second-order valence-electron chi connectivity index (χ2n) is 6.42. The standard InChI is InChI=1S/C21H19Cl2N3O3/c22-17-7-6-15(12-18(17)23)20-16(13-26(25-20)11-9-19(27)28)21(29)24-10-8-14-4-2-1-3-5-14/h1-7,12-13H,8-11H2,(H,24,29)(H,27,28). The number of carbonyl (C=O) groups excluding carboxylic acids is 1. The first-order valence-corrected chi connectivity index (χ1v) is 9.76. The van der Waals surface area contributed by atoms with Crippen LogP contribution in [0.25, 0.3) is 11.3 Å². The molecular weight excluding hydrogens is 413 g/mol. The molecule has 0 aliphatic rings. The molecule has 3 aromatic rings. The molecule has 6 nitrogen and oxygen atoms in total. The first kappa shape index (κ1) is 20.9. The number of carbonyl (C=O) groups is 2. The molecule has 0 bridgehead atoms. The third-order valence-electron chi connectivity index (χ3n) is 4.30. The van der Waals surface area contributed by atoms with Crippen molar-refractivity contribution >= 4 is 35.1 Å². The summed E-state index contributed by atoms with van der Waals surface area (Å²) < 4.78 is 1.46. The van der Waals surface area contributed by atoms with Crippen LogP contribution in [-0.2, 0) is 17.8 Å². The summed E-state index contributed by atoms with van der Waals surface area (Å²) in [7, 11) is 0. The highest BCUT2D eigenvalue weighted by molar-refractivity contribution is 6.42. The third kappa shape index (κ3) is 5.59. The maximum atomic E-state index is 12.8. The van der Waals surface area contributed by atoms with Crippen molar-refractivity contribution in [3.63, 3.8) is 0 Å². The number of hydrogen-bond acceptors (Lipinski definition) is 3. The van der Waals surface area contributed by atoms with Crippen molar-refractivity contribution in [1.82, 2.24) is 15.1 Å². The van der Waals surface area contributed by atoms with E-state index < -0.39 is 5.97 Å². The van der Waals surface area contributed by atoms with E-state index in [9.17, 15) is 9.59 Å². The monoisotopic (exact) mass is 431 g/mol. The summed E-state index contributed by atoms with van der Waals surface area (Å²) >= 11 is 12.1. The van der Waals surface area contributed by atoms with Gasteiger partial charge in [-0.25, -0.2) is 0 Å². The van der Waals surface area contributed by atoms with Gasteiger partial charge in [0.15, 0.2) is 0 Å². The minimum absolute atomic E-state index is 0.0996. The predicted molar refractivity (Wildman–Crippen MR) is 112 cm³/mol. The van der Waals surface area contributed by atoms with Crippen molar-refractivity contribution in [2.75, 3.05) is 6.54 Å². The minimum Gasteiger partial charge on any atom is -0.481 e. The van der Waals surface area contributed by atoms with Crippen LogP contribution in [0.3, 0.4) is 0 Å². The topological polar surface area (TPSA) is 84.2 Å². The molecule has 0 aliphatic heterocycles.